The summed E-state index contributed by atoms with van der Waals surface area (Å²) in [7, 11) is 0. The van der Waals surface area contributed by atoms with Crippen LogP contribution in [0.5, 0.6) is 0 Å². The van der Waals surface area contributed by atoms with E-state index >= 15 is 0 Å². The van der Waals surface area contributed by atoms with Crippen LogP contribution in [0.1, 0.15) is 52.5 Å². The maximum atomic E-state index is 2.58. The zero-order valence-corrected chi connectivity index (χ0v) is 19.1. The smallest absolute Gasteiger partial charge is 0.192 e. The molecular weight excluding hydrogens is 376 g/mol. The Hall–Kier alpha value is -3.00. The Morgan fingerprint density at radius 2 is 1.48 bits per heavy atom. The van der Waals surface area contributed by atoms with Crippen molar-refractivity contribution in [1.29, 1.82) is 0 Å². The summed E-state index contributed by atoms with van der Waals surface area (Å²) in [6.45, 7) is 9.54. The fourth-order valence-corrected chi connectivity index (χ4v) is 6.20. The minimum Gasteiger partial charge on any atom is -0.192 e. The predicted octanol–water partition coefficient (Wildman–Crippen LogP) is 6.27. The summed E-state index contributed by atoms with van der Waals surface area (Å²) in [6, 6.07) is 26.7. The van der Waals surface area contributed by atoms with E-state index in [1.54, 1.807) is 0 Å². The maximum absolute atomic E-state index is 2.58. The van der Waals surface area contributed by atoms with E-state index in [1.165, 1.54) is 33.4 Å². The molecule has 156 valence electrons. The Kier molecular flexibility index (Phi) is 4.69. The van der Waals surface area contributed by atoms with Crippen LogP contribution in [0, 0.1) is 0 Å². The van der Waals surface area contributed by atoms with Crippen molar-refractivity contribution in [1.82, 2.24) is 0 Å². The van der Waals surface area contributed by atoms with Crippen molar-refractivity contribution in [3.05, 3.63) is 90.8 Å². The average Bonchev–Trinajstić information content (AvgIpc) is 2.84. The lowest BCUT2D eigenvalue weighted by atomic mass is 9.59. The fraction of sp³-hybridized carbons (Fsp3) is 0.310. The van der Waals surface area contributed by atoms with Gasteiger partial charge in [-0.05, 0) is 37.1 Å². The van der Waals surface area contributed by atoms with Crippen LogP contribution in [0.15, 0.2) is 85.2 Å². The molecule has 0 spiro atoms. The maximum Gasteiger partial charge on any atom is 0.218 e. The summed E-state index contributed by atoms with van der Waals surface area (Å²) in [5.41, 5.74) is 6.78. The Morgan fingerprint density at radius 3 is 2.26 bits per heavy atom. The van der Waals surface area contributed by atoms with Crippen LogP contribution in [-0.4, -0.2) is 0 Å². The van der Waals surface area contributed by atoms with Gasteiger partial charge in [0.25, 0.3) is 0 Å². The largest absolute Gasteiger partial charge is 0.218 e. The van der Waals surface area contributed by atoms with E-state index in [0.717, 1.165) is 19.3 Å². The van der Waals surface area contributed by atoms with Gasteiger partial charge in [0.05, 0.1) is 11.0 Å². The third-order valence-corrected chi connectivity index (χ3v) is 8.08. The van der Waals surface area contributed by atoms with E-state index in [9.17, 15) is 0 Å². The van der Waals surface area contributed by atoms with Crippen molar-refractivity contribution >= 4 is 10.9 Å². The first-order chi connectivity index (χ1) is 15.1. The van der Waals surface area contributed by atoms with Crippen LogP contribution in [-0.2, 0) is 11.0 Å². The van der Waals surface area contributed by atoms with Gasteiger partial charge in [0.2, 0.25) is 16.9 Å². The molecule has 0 aliphatic carbocycles. The molecule has 1 unspecified atom stereocenters. The molecule has 2 heteroatoms. The molecule has 2 aromatic heterocycles. The standard InChI is InChI=1S/C29H32N2/c1-5-28(4)25-18-17-23(30-19-12-14-22-13-8-9-15-26(22)30)21-24(25)27-16-10-11-20-31(27)29(28,6-2)7-3/h8-21H,5-7H2,1-4H3/q+2. The van der Waals surface area contributed by atoms with E-state index in [2.05, 4.69) is 122 Å². The van der Waals surface area contributed by atoms with Gasteiger partial charge in [-0.2, -0.15) is 9.13 Å². The van der Waals surface area contributed by atoms with Crippen LogP contribution in [0.4, 0.5) is 0 Å². The van der Waals surface area contributed by atoms with Crippen LogP contribution in [0.25, 0.3) is 27.8 Å². The molecule has 4 aromatic rings. The van der Waals surface area contributed by atoms with Gasteiger partial charge in [-0.1, -0.05) is 39.0 Å². The number of benzene rings is 2. The van der Waals surface area contributed by atoms with Crippen molar-refractivity contribution in [3.63, 3.8) is 0 Å². The van der Waals surface area contributed by atoms with Crippen LogP contribution in [0.2, 0.25) is 0 Å². The molecule has 0 fully saturated rings. The summed E-state index contributed by atoms with van der Waals surface area (Å²) in [6.07, 6.45) is 7.83. The SMILES string of the molecule is CCC1(C)c2ccc(-[n+]3cccc4ccccc43)cc2-c2cccc[n+]2C1(CC)CC. The summed E-state index contributed by atoms with van der Waals surface area (Å²) in [4.78, 5) is 0. The highest BCUT2D eigenvalue weighted by Gasteiger charge is 2.58. The molecule has 1 aliphatic heterocycles. The molecule has 5 rings (SSSR count). The summed E-state index contributed by atoms with van der Waals surface area (Å²) in [5, 5.41) is 1.26. The highest BCUT2D eigenvalue weighted by Crippen LogP contribution is 2.51. The Morgan fingerprint density at radius 1 is 0.742 bits per heavy atom. The number of para-hydroxylation sites is 1. The van der Waals surface area contributed by atoms with Gasteiger partial charge < -0.3 is 0 Å². The third kappa shape index (κ3) is 2.64. The number of hydrogen-bond acceptors (Lipinski definition) is 0. The van der Waals surface area contributed by atoms with Gasteiger partial charge in [0.15, 0.2) is 17.9 Å². The molecule has 0 bridgehead atoms. The molecule has 0 saturated carbocycles. The van der Waals surface area contributed by atoms with E-state index < -0.39 is 0 Å². The molecule has 2 aromatic carbocycles. The normalized spacial score (nSPS) is 19.1. The van der Waals surface area contributed by atoms with E-state index in [0.29, 0.717) is 0 Å². The molecule has 31 heavy (non-hydrogen) atoms. The van der Waals surface area contributed by atoms with E-state index in [1.807, 2.05) is 0 Å². The van der Waals surface area contributed by atoms with Crippen LogP contribution < -0.4 is 9.13 Å². The van der Waals surface area contributed by atoms with E-state index in [-0.39, 0.29) is 11.0 Å². The average molecular weight is 409 g/mol. The van der Waals surface area contributed by atoms with Crippen LogP contribution in [0.3, 0.4) is 0 Å². The molecule has 3 heterocycles. The van der Waals surface area contributed by atoms with Gasteiger partial charge in [0, 0.05) is 54.6 Å². The number of rotatable bonds is 4. The van der Waals surface area contributed by atoms with E-state index in [4.69, 9.17) is 0 Å². The Balaban J connectivity index is 1.81. The number of nitrogens with zero attached hydrogens (tertiary/aromatic N) is 2. The topological polar surface area (TPSA) is 7.76 Å². The minimum atomic E-state index is 0.0762. The molecule has 2 nitrogen and oxygen atoms in total. The second-order valence-corrected chi connectivity index (χ2v) is 9.05. The second-order valence-electron chi connectivity index (χ2n) is 9.05. The molecular formula is C29H32N2+2. The molecule has 1 aliphatic rings. The minimum absolute atomic E-state index is 0.0762. The molecule has 0 amide bonds. The summed E-state index contributed by atoms with van der Waals surface area (Å²) in [5.74, 6) is 0. The first-order valence-corrected chi connectivity index (χ1v) is 11.7. The Labute approximate surface area is 185 Å². The van der Waals surface area contributed by atoms with Gasteiger partial charge in [-0.25, -0.2) is 0 Å². The first-order valence-electron chi connectivity index (χ1n) is 11.7. The lowest BCUT2D eigenvalue weighted by molar-refractivity contribution is -0.769. The van der Waals surface area contributed by atoms with Crippen molar-refractivity contribution in [2.75, 3.05) is 0 Å². The van der Waals surface area contributed by atoms with Gasteiger partial charge in [0.1, 0.15) is 0 Å². The summed E-state index contributed by atoms with van der Waals surface area (Å²) >= 11 is 0. The fourth-order valence-electron chi connectivity index (χ4n) is 6.20. The van der Waals surface area contributed by atoms with Crippen molar-refractivity contribution in [3.8, 4) is 16.9 Å². The zero-order chi connectivity index (χ0) is 21.6. The molecule has 1 atom stereocenters. The van der Waals surface area contributed by atoms with Gasteiger partial charge in [-0.3, -0.25) is 0 Å². The number of fused-ring (bicyclic) bond motifs is 4. The van der Waals surface area contributed by atoms with Crippen molar-refractivity contribution in [2.45, 2.75) is 57.9 Å². The molecule has 0 radical (unpaired) electrons. The predicted molar refractivity (Wildman–Crippen MR) is 127 cm³/mol. The monoisotopic (exact) mass is 408 g/mol. The quantitative estimate of drug-likeness (QED) is 0.352. The van der Waals surface area contributed by atoms with Crippen molar-refractivity contribution < 1.29 is 9.13 Å². The first kappa shape index (κ1) is 19.9. The Bertz CT molecular complexity index is 1260. The van der Waals surface area contributed by atoms with Gasteiger partial charge in [-0.15, -0.1) is 0 Å². The van der Waals surface area contributed by atoms with Crippen LogP contribution >= 0.6 is 0 Å². The zero-order valence-electron chi connectivity index (χ0n) is 19.1. The molecule has 0 saturated heterocycles. The lowest BCUT2D eigenvalue weighted by Gasteiger charge is -2.47. The summed E-state index contributed by atoms with van der Waals surface area (Å²) < 4.78 is 4.89. The second kappa shape index (κ2) is 7.30. The molecule has 0 N–H and O–H groups in total. The number of pyridine rings is 2. The van der Waals surface area contributed by atoms with Gasteiger partial charge >= 0.3 is 0 Å². The third-order valence-electron chi connectivity index (χ3n) is 8.08. The van der Waals surface area contributed by atoms with Crippen molar-refractivity contribution in [2.24, 2.45) is 0 Å². The highest BCUT2D eigenvalue weighted by atomic mass is 15.1. The highest BCUT2D eigenvalue weighted by molar-refractivity contribution is 5.76. The number of aromatic nitrogens is 2. The lowest BCUT2D eigenvalue weighted by Crippen LogP contribution is -2.68. The number of hydrogen-bond donors (Lipinski definition) is 0.